The number of carbonyl (C=O) groups is 2. The van der Waals surface area contributed by atoms with Crippen LogP contribution in [0.3, 0.4) is 0 Å². The molecule has 4 heteroatoms. The van der Waals surface area contributed by atoms with Gasteiger partial charge in [0.2, 0.25) is 5.91 Å². The van der Waals surface area contributed by atoms with E-state index < -0.39 is 0 Å². The van der Waals surface area contributed by atoms with Crippen molar-refractivity contribution in [2.45, 2.75) is 53.1 Å². The van der Waals surface area contributed by atoms with E-state index in [0.29, 0.717) is 23.3 Å². The van der Waals surface area contributed by atoms with E-state index in [1.807, 2.05) is 0 Å². The molecule has 0 aromatic rings. The third-order valence-corrected chi connectivity index (χ3v) is 4.03. The first kappa shape index (κ1) is 16.7. The molecule has 0 bridgehead atoms. The standard InChI is InChI=1S/C16H27NO3/c1-10(2)13-7-6-12(5)8-14(13)20-15(18)9-17-16(19)11(3)4/h10,12-14H,3,6-9H2,1-2,4-5H3,(H,17,19)/t12-,13+,14-/m1/s1. The second-order valence-electron chi connectivity index (χ2n) is 6.32. The van der Waals surface area contributed by atoms with Crippen molar-refractivity contribution in [3.05, 3.63) is 12.2 Å². The summed E-state index contributed by atoms with van der Waals surface area (Å²) in [6.07, 6.45) is 3.20. The first-order chi connectivity index (χ1) is 9.31. The van der Waals surface area contributed by atoms with Crippen molar-refractivity contribution < 1.29 is 14.3 Å². The molecule has 114 valence electrons. The van der Waals surface area contributed by atoms with Crippen molar-refractivity contribution in [1.29, 1.82) is 0 Å². The lowest BCUT2D eigenvalue weighted by Gasteiger charge is -2.36. The zero-order chi connectivity index (χ0) is 15.3. The molecule has 1 aliphatic carbocycles. The maximum Gasteiger partial charge on any atom is 0.325 e. The molecule has 1 N–H and O–H groups in total. The van der Waals surface area contributed by atoms with Gasteiger partial charge in [-0.1, -0.05) is 33.8 Å². The van der Waals surface area contributed by atoms with Gasteiger partial charge in [0.1, 0.15) is 12.6 Å². The Kier molecular flexibility index (Phi) is 6.24. The lowest BCUT2D eigenvalue weighted by atomic mass is 9.75. The van der Waals surface area contributed by atoms with Crippen molar-refractivity contribution >= 4 is 11.9 Å². The number of hydrogen-bond acceptors (Lipinski definition) is 3. The number of ether oxygens (including phenoxy) is 1. The van der Waals surface area contributed by atoms with E-state index in [4.69, 9.17) is 4.74 Å². The zero-order valence-corrected chi connectivity index (χ0v) is 13.1. The third-order valence-electron chi connectivity index (χ3n) is 4.03. The Morgan fingerprint density at radius 2 is 2.00 bits per heavy atom. The fourth-order valence-corrected chi connectivity index (χ4v) is 2.76. The monoisotopic (exact) mass is 281 g/mol. The molecule has 1 rings (SSSR count). The van der Waals surface area contributed by atoms with Gasteiger partial charge in [-0.3, -0.25) is 9.59 Å². The van der Waals surface area contributed by atoms with E-state index in [2.05, 4.69) is 32.7 Å². The summed E-state index contributed by atoms with van der Waals surface area (Å²) >= 11 is 0. The van der Waals surface area contributed by atoms with E-state index in [1.54, 1.807) is 6.92 Å². The van der Waals surface area contributed by atoms with Gasteiger partial charge >= 0.3 is 5.97 Å². The van der Waals surface area contributed by atoms with Crippen LogP contribution in [0.5, 0.6) is 0 Å². The smallest absolute Gasteiger partial charge is 0.325 e. The molecular weight excluding hydrogens is 254 g/mol. The maximum absolute atomic E-state index is 11.8. The second-order valence-corrected chi connectivity index (χ2v) is 6.32. The molecule has 4 nitrogen and oxygen atoms in total. The molecule has 1 saturated carbocycles. The molecule has 3 atom stereocenters. The molecule has 0 aliphatic heterocycles. The highest BCUT2D eigenvalue weighted by Crippen LogP contribution is 2.35. The fraction of sp³-hybridized carbons (Fsp3) is 0.750. The number of esters is 1. The highest BCUT2D eigenvalue weighted by Gasteiger charge is 2.33. The van der Waals surface area contributed by atoms with Gasteiger partial charge in [-0.15, -0.1) is 0 Å². The largest absolute Gasteiger partial charge is 0.461 e. The van der Waals surface area contributed by atoms with Crippen LogP contribution < -0.4 is 5.32 Å². The Balaban J connectivity index is 2.49. The molecule has 0 radical (unpaired) electrons. The minimum atomic E-state index is -0.357. The number of rotatable bonds is 5. The van der Waals surface area contributed by atoms with Crippen LogP contribution in [-0.4, -0.2) is 24.5 Å². The average molecular weight is 281 g/mol. The van der Waals surface area contributed by atoms with Gasteiger partial charge in [-0.25, -0.2) is 0 Å². The molecule has 0 spiro atoms. The summed E-state index contributed by atoms with van der Waals surface area (Å²) in [7, 11) is 0. The predicted molar refractivity (Wildman–Crippen MR) is 79.0 cm³/mol. The van der Waals surface area contributed by atoms with Crippen LogP contribution in [0.15, 0.2) is 12.2 Å². The Labute approximate surface area is 122 Å². The van der Waals surface area contributed by atoms with Crippen LogP contribution in [0.25, 0.3) is 0 Å². The molecule has 0 heterocycles. The zero-order valence-electron chi connectivity index (χ0n) is 13.1. The van der Waals surface area contributed by atoms with Crippen molar-refractivity contribution in [1.82, 2.24) is 5.32 Å². The van der Waals surface area contributed by atoms with E-state index in [9.17, 15) is 9.59 Å². The molecule has 0 unspecified atom stereocenters. The molecule has 0 aromatic carbocycles. The average Bonchev–Trinajstić information content (AvgIpc) is 2.35. The minimum Gasteiger partial charge on any atom is -0.461 e. The number of nitrogens with one attached hydrogen (secondary N) is 1. The molecule has 0 saturated heterocycles. The van der Waals surface area contributed by atoms with Gasteiger partial charge in [-0.2, -0.15) is 0 Å². The number of amides is 1. The summed E-state index contributed by atoms with van der Waals surface area (Å²) in [5, 5.41) is 2.51. The Morgan fingerprint density at radius 3 is 2.55 bits per heavy atom. The molecule has 1 aliphatic rings. The lowest BCUT2D eigenvalue weighted by molar-refractivity contribution is -0.155. The molecule has 1 amide bonds. The van der Waals surface area contributed by atoms with Gasteiger partial charge in [-0.05, 0) is 37.5 Å². The summed E-state index contributed by atoms with van der Waals surface area (Å²) < 4.78 is 5.58. The highest BCUT2D eigenvalue weighted by atomic mass is 16.5. The van der Waals surface area contributed by atoms with E-state index in [1.165, 1.54) is 6.42 Å². The molecule has 0 aromatic heterocycles. The summed E-state index contributed by atoms with van der Waals surface area (Å²) in [5.41, 5.74) is 0.393. The highest BCUT2D eigenvalue weighted by molar-refractivity contribution is 5.94. The topological polar surface area (TPSA) is 55.4 Å². The number of carbonyl (C=O) groups excluding carboxylic acids is 2. The van der Waals surface area contributed by atoms with Gasteiger partial charge in [0, 0.05) is 5.57 Å². The normalized spacial score (nSPS) is 26.1. The van der Waals surface area contributed by atoms with E-state index in [-0.39, 0.29) is 24.5 Å². The van der Waals surface area contributed by atoms with E-state index >= 15 is 0 Å². The minimum absolute atomic E-state index is 0.0204. The van der Waals surface area contributed by atoms with Gasteiger partial charge < -0.3 is 10.1 Å². The van der Waals surface area contributed by atoms with Crippen LogP contribution in [0.2, 0.25) is 0 Å². The fourth-order valence-electron chi connectivity index (χ4n) is 2.76. The summed E-state index contributed by atoms with van der Waals surface area (Å²) in [6, 6.07) is 0. The summed E-state index contributed by atoms with van der Waals surface area (Å²) in [6.45, 7) is 11.6. The second kappa shape index (κ2) is 7.46. The Hall–Kier alpha value is -1.32. The van der Waals surface area contributed by atoms with Crippen molar-refractivity contribution in [3.63, 3.8) is 0 Å². The number of hydrogen-bond donors (Lipinski definition) is 1. The van der Waals surface area contributed by atoms with Crippen LogP contribution in [0.4, 0.5) is 0 Å². The van der Waals surface area contributed by atoms with Crippen LogP contribution in [0, 0.1) is 17.8 Å². The molecular formula is C16H27NO3. The summed E-state index contributed by atoms with van der Waals surface area (Å²) in [4.78, 5) is 23.2. The van der Waals surface area contributed by atoms with Crippen LogP contribution >= 0.6 is 0 Å². The van der Waals surface area contributed by atoms with E-state index in [0.717, 1.165) is 12.8 Å². The first-order valence-electron chi connectivity index (χ1n) is 7.44. The lowest BCUT2D eigenvalue weighted by Crippen LogP contribution is -2.39. The van der Waals surface area contributed by atoms with Gasteiger partial charge in [0.05, 0.1) is 0 Å². The van der Waals surface area contributed by atoms with Crippen LogP contribution in [-0.2, 0) is 14.3 Å². The Morgan fingerprint density at radius 1 is 1.35 bits per heavy atom. The molecule has 20 heavy (non-hydrogen) atoms. The SMILES string of the molecule is C=C(C)C(=O)NCC(=O)O[C@@H]1C[C@H](C)CC[C@H]1C(C)C. The Bertz CT molecular complexity index is 376. The predicted octanol–water partition coefficient (Wildman–Crippen LogP) is 2.68. The maximum atomic E-state index is 11.8. The van der Waals surface area contributed by atoms with Gasteiger partial charge in [0.15, 0.2) is 0 Å². The van der Waals surface area contributed by atoms with Crippen molar-refractivity contribution in [2.24, 2.45) is 17.8 Å². The third kappa shape index (κ3) is 4.99. The first-order valence-corrected chi connectivity index (χ1v) is 7.44. The van der Waals surface area contributed by atoms with Crippen LogP contribution in [0.1, 0.15) is 47.0 Å². The molecule has 1 fully saturated rings. The van der Waals surface area contributed by atoms with Gasteiger partial charge in [0.25, 0.3) is 0 Å². The van der Waals surface area contributed by atoms with Crippen molar-refractivity contribution in [3.8, 4) is 0 Å². The quantitative estimate of drug-likeness (QED) is 0.622. The summed E-state index contributed by atoms with van der Waals surface area (Å²) in [5.74, 6) is 0.855. The van der Waals surface area contributed by atoms with Crippen molar-refractivity contribution in [2.75, 3.05) is 6.54 Å².